The van der Waals surface area contributed by atoms with Gasteiger partial charge in [-0.05, 0) is 43.7 Å². The third-order valence-corrected chi connectivity index (χ3v) is 3.48. The van der Waals surface area contributed by atoms with Crippen LogP contribution in [-0.2, 0) is 11.3 Å². The summed E-state index contributed by atoms with van der Waals surface area (Å²) in [6, 6.07) is 8.87. The summed E-state index contributed by atoms with van der Waals surface area (Å²) < 4.78 is 0. The molecular weight excluding hydrogens is 226 g/mol. The van der Waals surface area contributed by atoms with Crippen LogP contribution in [0.25, 0.3) is 0 Å². The minimum Gasteiger partial charge on any atom is -0.480 e. The minimum absolute atomic E-state index is 0.0992. The summed E-state index contributed by atoms with van der Waals surface area (Å²) in [5, 5.41) is 8.89. The zero-order valence-corrected chi connectivity index (χ0v) is 11.1. The Bertz CT molecular complexity index is 407. The van der Waals surface area contributed by atoms with Crippen molar-refractivity contribution >= 4 is 5.97 Å². The second kappa shape index (κ2) is 5.53. The summed E-state index contributed by atoms with van der Waals surface area (Å²) in [4.78, 5) is 12.8. The van der Waals surface area contributed by atoms with Crippen LogP contribution in [0.5, 0.6) is 0 Å². The third-order valence-electron chi connectivity index (χ3n) is 3.48. The van der Waals surface area contributed by atoms with Gasteiger partial charge in [-0.25, -0.2) is 0 Å². The summed E-state index contributed by atoms with van der Waals surface area (Å²) in [6.07, 6.45) is 2.63. The van der Waals surface area contributed by atoms with Crippen LogP contribution >= 0.6 is 0 Å². The fraction of sp³-hybridized carbons (Fsp3) is 0.533. The van der Waals surface area contributed by atoms with Crippen LogP contribution in [0.2, 0.25) is 0 Å². The molecule has 0 spiro atoms. The number of carboxylic acids is 1. The van der Waals surface area contributed by atoms with Crippen molar-refractivity contribution in [2.24, 2.45) is 0 Å². The summed E-state index contributed by atoms with van der Waals surface area (Å²) in [5.74, 6) is 0.0116. The summed E-state index contributed by atoms with van der Waals surface area (Å²) in [5.41, 5.74) is 2.61. The van der Waals surface area contributed by atoms with Crippen molar-refractivity contribution in [2.45, 2.75) is 45.2 Å². The van der Waals surface area contributed by atoms with Gasteiger partial charge in [0.15, 0.2) is 0 Å². The molecule has 3 heteroatoms. The van der Waals surface area contributed by atoms with Gasteiger partial charge in [0.2, 0.25) is 0 Å². The Labute approximate surface area is 108 Å². The topological polar surface area (TPSA) is 40.5 Å². The molecule has 1 aliphatic carbocycles. The highest BCUT2D eigenvalue weighted by atomic mass is 16.4. The Hall–Kier alpha value is -1.35. The van der Waals surface area contributed by atoms with Crippen LogP contribution in [0.15, 0.2) is 24.3 Å². The van der Waals surface area contributed by atoms with E-state index < -0.39 is 5.97 Å². The summed E-state index contributed by atoms with van der Waals surface area (Å²) in [7, 11) is 0. The molecule has 0 amide bonds. The minimum atomic E-state index is -0.765. The van der Waals surface area contributed by atoms with Gasteiger partial charge in [-0.1, -0.05) is 24.3 Å². The molecule has 3 nitrogen and oxygen atoms in total. The number of hydrogen-bond donors (Lipinski definition) is 1. The van der Waals surface area contributed by atoms with Crippen LogP contribution < -0.4 is 0 Å². The fourth-order valence-corrected chi connectivity index (χ4v) is 2.14. The van der Waals surface area contributed by atoms with E-state index in [9.17, 15) is 4.79 Å². The second-order valence-corrected chi connectivity index (χ2v) is 5.41. The maximum Gasteiger partial charge on any atom is 0.317 e. The van der Waals surface area contributed by atoms with Crippen LogP contribution in [-0.4, -0.2) is 28.6 Å². The molecule has 1 aromatic rings. The predicted molar refractivity (Wildman–Crippen MR) is 71.6 cm³/mol. The van der Waals surface area contributed by atoms with Gasteiger partial charge in [-0.15, -0.1) is 0 Å². The first-order valence-electron chi connectivity index (χ1n) is 6.61. The quantitative estimate of drug-likeness (QED) is 0.840. The number of nitrogens with zero attached hydrogens (tertiary/aromatic N) is 1. The molecule has 1 fully saturated rings. The molecule has 0 atom stereocenters. The lowest BCUT2D eigenvalue weighted by atomic mass is 10.1. The van der Waals surface area contributed by atoms with Crippen LogP contribution in [0.1, 0.15) is 43.7 Å². The molecule has 2 rings (SSSR count). The van der Waals surface area contributed by atoms with Crippen LogP contribution in [0.3, 0.4) is 0 Å². The second-order valence-electron chi connectivity index (χ2n) is 5.41. The molecule has 1 saturated carbocycles. The maximum atomic E-state index is 10.8. The third kappa shape index (κ3) is 3.57. The molecule has 0 unspecified atom stereocenters. The van der Waals surface area contributed by atoms with Crippen molar-refractivity contribution in [2.75, 3.05) is 6.54 Å². The van der Waals surface area contributed by atoms with Gasteiger partial charge in [-0.2, -0.15) is 0 Å². The van der Waals surface area contributed by atoms with Crippen molar-refractivity contribution in [1.82, 2.24) is 4.90 Å². The van der Waals surface area contributed by atoms with E-state index >= 15 is 0 Å². The molecule has 1 aromatic carbocycles. The van der Waals surface area contributed by atoms with E-state index in [2.05, 4.69) is 24.3 Å². The number of hydrogen-bond acceptors (Lipinski definition) is 2. The Morgan fingerprint density at radius 3 is 2.39 bits per heavy atom. The van der Waals surface area contributed by atoms with Crippen molar-refractivity contribution in [3.63, 3.8) is 0 Å². The summed E-state index contributed by atoms with van der Waals surface area (Å²) in [6.45, 7) is 4.86. The Balaban J connectivity index is 1.98. The molecular formula is C15H21NO2. The lowest BCUT2D eigenvalue weighted by Gasteiger charge is -2.24. The number of benzene rings is 1. The number of carbonyl (C=O) groups is 1. The molecule has 0 radical (unpaired) electrons. The molecule has 1 aliphatic rings. The zero-order valence-electron chi connectivity index (χ0n) is 11.1. The Morgan fingerprint density at radius 1 is 1.33 bits per heavy atom. The van der Waals surface area contributed by atoms with Gasteiger partial charge in [0.1, 0.15) is 0 Å². The fourth-order valence-electron chi connectivity index (χ4n) is 2.14. The predicted octanol–water partition coefficient (Wildman–Crippen LogP) is 2.86. The maximum absolute atomic E-state index is 10.8. The molecule has 0 bridgehead atoms. The average Bonchev–Trinajstić information content (AvgIpc) is 3.12. The van der Waals surface area contributed by atoms with Gasteiger partial charge in [-0.3, -0.25) is 9.69 Å². The molecule has 0 aliphatic heterocycles. The van der Waals surface area contributed by atoms with E-state index in [1.807, 2.05) is 18.7 Å². The molecule has 0 aromatic heterocycles. The lowest BCUT2D eigenvalue weighted by molar-refractivity contribution is -0.138. The van der Waals surface area contributed by atoms with E-state index in [-0.39, 0.29) is 12.6 Å². The molecule has 98 valence electrons. The van der Waals surface area contributed by atoms with Crippen molar-refractivity contribution < 1.29 is 9.90 Å². The summed E-state index contributed by atoms with van der Waals surface area (Å²) >= 11 is 0. The van der Waals surface area contributed by atoms with Gasteiger partial charge in [0, 0.05) is 12.6 Å². The normalized spacial score (nSPS) is 15.3. The smallest absolute Gasteiger partial charge is 0.317 e. The van der Waals surface area contributed by atoms with E-state index in [1.54, 1.807) is 0 Å². The monoisotopic (exact) mass is 247 g/mol. The SMILES string of the molecule is CC(C)N(CC(=O)O)Cc1ccc(C2CC2)cc1. The van der Waals surface area contributed by atoms with Gasteiger partial charge < -0.3 is 5.11 Å². The highest BCUT2D eigenvalue weighted by Gasteiger charge is 2.23. The first kappa shape index (κ1) is 13.1. The average molecular weight is 247 g/mol. The van der Waals surface area contributed by atoms with Crippen molar-refractivity contribution in [1.29, 1.82) is 0 Å². The number of rotatable bonds is 6. The van der Waals surface area contributed by atoms with E-state index in [4.69, 9.17) is 5.11 Å². The Kier molecular flexibility index (Phi) is 4.02. The number of aliphatic carboxylic acids is 1. The lowest BCUT2D eigenvalue weighted by Crippen LogP contribution is -2.35. The van der Waals surface area contributed by atoms with Crippen molar-refractivity contribution in [3.8, 4) is 0 Å². The van der Waals surface area contributed by atoms with E-state index in [0.717, 1.165) is 5.92 Å². The first-order chi connectivity index (χ1) is 8.56. The molecule has 0 saturated heterocycles. The number of carboxylic acid groups (broad SMARTS) is 1. The van der Waals surface area contributed by atoms with E-state index in [0.29, 0.717) is 6.54 Å². The van der Waals surface area contributed by atoms with Crippen LogP contribution in [0, 0.1) is 0 Å². The standard InChI is InChI=1S/C15H21NO2/c1-11(2)16(10-15(17)18)9-12-3-5-13(6-4-12)14-7-8-14/h3-6,11,14H,7-10H2,1-2H3,(H,17,18). The molecule has 1 N–H and O–H groups in total. The van der Waals surface area contributed by atoms with Gasteiger partial charge in [0.05, 0.1) is 6.54 Å². The highest BCUT2D eigenvalue weighted by molar-refractivity contribution is 5.69. The highest BCUT2D eigenvalue weighted by Crippen LogP contribution is 2.39. The first-order valence-corrected chi connectivity index (χ1v) is 6.61. The van der Waals surface area contributed by atoms with Crippen LogP contribution in [0.4, 0.5) is 0 Å². The molecule has 0 heterocycles. The van der Waals surface area contributed by atoms with Gasteiger partial charge in [0.25, 0.3) is 0 Å². The molecule has 18 heavy (non-hydrogen) atoms. The largest absolute Gasteiger partial charge is 0.480 e. The zero-order chi connectivity index (χ0) is 13.1. The van der Waals surface area contributed by atoms with Crippen molar-refractivity contribution in [3.05, 3.63) is 35.4 Å². The van der Waals surface area contributed by atoms with E-state index in [1.165, 1.54) is 24.0 Å². The Morgan fingerprint density at radius 2 is 1.94 bits per heavy atom. The van der Waals surface area contributed by atoms with Gasteiger partial charge >= 0.3 is 5.97 Å².